The van der Waals surface area contributed by atoms with Crippen molar-refractivity contribution in [1.82, 2.24) is 0 Å². The highest BCUT2D eigenvalue weighted by Crippen LogP contribution is 2.43. The minimum absolute atomic E-state index is 0.311. The maximum Gasteiger partial charge on any atom is 0.513 e. The number of ether oxygens (including phenoxy) is 4. The number of unbranched alkanes of at least 4 members (excludes halogenated alkanes) is 4. The molecule has 182 valence electrons. The van der Waals surface area contributed by atoms with E-state index in [4.69, 9.17) is 18.9 Å². The van der Waals surface area contributed by atoms with Gasteiger partial charge in [-0.15, -0.1) is 0 Å². The maximum absolute atomic E-state index is 12.5. The molecule has 6 nitrogen and oxygen atoms in total. The van der Waals surface area contributed by atoms with Crippen molar-refractivity contribution >= 4 is 33.9 Å². The summed E-state index contributed by atoms with van der Waals surface area (Å²) in [5, 5.41) is 2.64. The van der Waals surface area contributed by atoms with Crippen LogP contribution in [0.5, 0.6) is 11.5 Å². The van der Waals surface area contributed by atoms with Crippen LogP contribution in [0.4, 0.5) is 9.59 Å². The van der Waals surface area contributed by atoms with Crippen molar-refractivity contribution in [2.45, 2.75) is 66.2 Å². The fourth-order valence-corrected chi connectivity index (χ4v) is 3.84. The molecule has 0 fully saturated rings. The Labute approximate surface area is 201 Å². The van der Waals surface area contributed by atoms with Gasteiger partial charge in [0.25, 0.3) is 0 Å². The van der Waals surface area contributed by atoms with Crippen molar-refractivity contribution < 1.29 is 28.5 Å². The molecule has 3 aromatic rings. The summed E-state index contributed by atoms with van der Waals surface area (Å²) in [6.07, 6.45) is 4.13. The summed E-state index contributed by atoms with van der Waals surface area (Å²) >= 11 is 0. The van der Waals surface area contributed by atoms with E-state index in [-0.39, 0.29) is 0 Å². The zero-order valence-corrected chi connectivity index (χ0v) is 20.6. The summed E-state index contributed by atoms with van der Waals surface area (Å²) in [5.74, 6) is 0.774. The smallest absolute Gasteiger partial charge is 0.434 e. The Bertz CT molecular complexity index is 1090. The Morgan fingerprint density at radius 1 is 0.618 bits per heavy atom. The SMILES string of the molecule is CCCCCOC(=O)Oc1c2ccc(C)cc2c(OC(=O)OCCCCC)c2cc(C)ccc12. The van der Waals surface area contributed by atoms with Crippen molar-refractivity contribution in [3.8, 4) is 11.5 Å². The minimum atomic E-state index is -0.746. The van der Waals surface area contributed by atoms with Gasteiger partial charge in [-0.25, -0.2) is 9.59 Å². The van der Waals surface area contributed by atoms with E-state index in [2.05, 4.69) is 13.8 Å². The van der Waals surface area contributed by atoms with Crippen LogP contribution in [0.2, 0.25) is 0 Å². The third-order valence-corrected chi connectivity index (χ3v) is 5.64. The van der Waals surface area contributed by atoms with E-state index < -0.39 is 12.3 Å². The number of aryl methyl sites for hydroxylation is 2. The molecular formula is C28H34O6. The summed E-state index contributed by atoms with van der Waals surface area (Å²) in [6.45, 7) is 8.71. The summed E-state index contributed by atoms with van der Waals surface area (Å²) in [6, 6.07) is 11.4. The van der Waals surface area contributed by atoms with Crippen LogP contribution in [0.1, 0.15) is 63.5 Å². The fourth-order valence-electron chi connectivity index (χ4n) is 3.84. The number of hydrogen-bond donors (Lipinski definition) is 0. The normalized spacial score (nSPS) is 10.9. The Morgan fingerprint density at radius 3 is 1.44 bits per heavy atom. The van der Waals surface area contributed by atoms with E-state index in [1.807, 2.05) is 50.2 Å². The number of fused-ring (bicyclic) bond motifs is 2. The molecule has 0 aromatic heterocycles. The molecule has 3 aromatic carbocycles. The van der Waals surface area contributed by atoms with Gasteiger partial charge in [-0.2, -0.15) is 0 Å². The molecule has 0 unspecified atom stereocenters. The van der Waals surface area contributed by atoms with E-state index in [0.717, 1.165) is 49.7 Å². The molecule has 0 radical (unpaired) electrons. The molecule has 0 atom stereocenters. The van der Waals surface area contributed by atoms with Crippen LogP contribution in [-0.2, 0) is 9.47 Å². The lowest BCUT2D eigenvalue weighted by Gasteiger charge is -2.17. The lowest BCUT2D eigenvalue weighted by molar-refractivity contribution is 0.0966. The monoisotopic (exact) mass is 466 g/mol. The zero-order valence-electron chi connectivity index (χ0n) is 20.6. The van der Waals surface area contributed by atoms with Crippen molar-refractivity contribution in [1.29, 1.82) is 0 Å². The molecular weight excluding hydrogens is 432 g/mol. The van der Waals surface area contributed by atoms with E-state index >= 15 is 0 Å². The highest BCUT2D eigenvalue weighted by Gasteiger charge is 2.21. The lowest BCUT2D eigenvalue weighted by atomic mass is 9.98. The Hall–Kier alpha value is -3.28. The van der Waals surface area contributed by atoms with Gasteiger partial charge in [0.2, 0.25) is 0 Å². The topological polar surface area (TPSA) is 71.1 Å². The first kappa shape index (κ1) is 25.3. The molecule has 0 bridgehead atoms. The molecule has 0 aliphatic carbocycles. The van der Waals surface area contributed by atoms with Crippen molar-refractivity contribution in [2.24, 2.45) is 0 Å². The van der Waals surface area contributed by atoms with Crippen molar-refractivity contribution in [2.75, 3.05) is 13.2 Å². The van der Waals surface area contributed by atoms with E-state index in [1.54, 1.807) is 0 Å². The van der Waals surface area contributed by atoms with Crippen LogP contribution in [0.15, 0.2) is 36.4 Å². The number of hydrogen-bond acceptors (Lipinski definition) is 6. The van der Waals surface area contributed by atoms with E-state index in [9.17, 15) is 9.59 Å². The van der Waals surface area contributed by atoms with Gasteiger partial charge >= 0.3 is 12.3 Å². The van der Waals surface area contributed by atoms with Gasteiger partial charge in [-0.3, -0.25) is 0 Å². The van der Waals surface area contributed by atoms with Crippen LogP contribution in [0.3, 0.4) is 0 Å². The van der Waals surface area contributed by atoms with Crippen molar-refractivity contribution in [3.63, 3.8) is 0 Å². The Balaban J connectivity index is 2.02. The number of benzene rings is 3. The van der Waals surface area contributed by atoms with Crippen LogP contribution in [-0.4, -0.2) is 25.5 Å². The summed E-state index contributed by atoms with van der Waals surface area (Å²) in [5.41, 5.74) is 1.96. The first-order valence-electron chi connectivity index (χ1n) is 12.1. The van der Waals surface area contributed by atoms with Gasteiger partial charge in [0.15, 0.2) is 0 Å². The van der Waals surface area contributed by atoms with Crippen molar-refractivity contribution in [3.05, 3.63) is 47.5 Å². The molecule has 0 aliphatic rings. The quantitative estimate of drug-likeness (QED) is 0.130. The highest BCUT2D eigenvalue weighted by atomic mass is 16.7. The molecule has 3 rings (SSSR count). The van der Waals surface area contributed by atoms with Gasteiger partial charge in [0.1, 0.15) is 11.5 Å². The molecule has 6 heteroatoms. The van der Waals surface area contributed by atoms with Gasteiger partial charge in [-0.1, -0.05) is 74.9 Å². The van der Waals surface area contributed by atoms with Gasteiger partial charge in [0.05, 0.1) is 13.2 Å². The Kier molecular flexibility index (Phi) is 9.14. The minimum Gasteiger partial charge on any atom is -0.434 e. The summed E-state index contributed by atoms with van der Waals surface area (Å²) in [7, 11) is 0. The zero-order chi connectivity index (χ0) is 24.5. The largest absolute Gasteiger partial charge is 0.513 e. The first-order chi connectivity index (χ1) is 16.4. The molecule has 0 amide bonds. The second-order valence-electron chi connectivity index (χ2n) is 8.57. The molecule has 0 N–H and O–H groups in total. The maximum atomic E-state index is 12.5. The summed E-state index contributed by atoms with van der Waals surface area (Å²) < 4.78 is 22.1. The molecule has 0 saturated carbocycles. The number of rotatable bonds is 10. The molecule has 0 aliphatic heterocycles. The van der Waals surface area contributed by atoms with Crippen LogP contribution >= 0.6 is 0 Å². The van der Waals surface area contributed by atoms with Crippen LogP contribution < -0.4 is 9.47 Å². The lowest BCUT2D eigenvalue weighted by Crippen LogP contribution is -2.14. The highest BCUT2D eigenvalue weighted by molar-refractivity contribution is 6.12. The number of carbonyl (C=O) groups excluding carboxylic acids is 2. The fraction of sp³-hybridized carbons (Fsp3) is 0.429. The van der Waals surface area contributed by atoms with Crippen LogP contribution in [0, 0.1) is 13.8 Å². The third-order valence-electron chi connectivity index (χ3n) is 5.64. The molecule has 0 saturated heterocycles. The predicted octanol–water partition coefficient (Wildman–Crippen LogP) is 8.02. The first-order valence-corrected chi connectivity index (χ1v) is 12.1. The van der Waals surface area contributed by atoms with E-state index in [0.29, 0.717) is 46.3 Å². The predicted molar refractivity (Wildman–Crippen MR) is 134 cm³/mol. The molecule has 34 heavy (non-hydrogen) atoms. The average Bonchev–Trinajstić information content (AvgIpc) is 2.81. The van der Waals surface area contributed by atoms with Crippen LogP contribution in [0.25, 0.3) is 21.5 Å². The second kappa shape index (κ2) is 12.3. The van der Waals surface area contributed by atoms with E-state index in [1.165, 1.54) is 0 Å². The summed E-state index contributed by atoms with van der Waals surface area (Å²) in [4.78, 5) is 25.0. The van der Waals surface area contributed by atoms with Gasteiger partial charge in [-0.05, 0) is 38.8 Å². The Morgan fingerprint density at radius 2 is 1.03 bits per heavy atom. The number of carbonyl (C=O) groups is 2. The average molecular weight is 467 g/mol. The van der Waals surface area contributed by atoms with Gasteiger partial charge in [0, 0.05) is 21.5 Å². The second-order valence-corrected chi connectivity index (χ2v) is 8.57. The third kappa shape index (κ3) is 6.40. The van der Waals surface area contributed by atoms with Gasteiger partial charge < -0.3 is 18.9 Å². The molecule has 0 spiro atoms. The molecule has 0 heterocycles. The standard InChI is InChI=1S/C28H34O6/c1-5-7-9-15-31-27(29)33-25-21-13-11-19(3)17-23(21)26(24-18-20(4)12-14-22(24)25)34-28(30)32-16-10-8-6-2/h11-14,17-18H,5-10,15-16H2,1-4H3.